The van der Waals surface area contributed by atoms with Crippen molar-refractivity contribution in [3.63, 3.8) is 0 Å². The van der Waals surface area contributed by atoms with Crippen LogP contribution in [0.5, 0.6) is 0 Å². The molecule has 1 saturated carbocycles. The summed E-state index contributed by atoms with van der Waals surface area (Å²) in [6.45, 7) is 3.44. The van der Waals surface area contributed by atoms with Crippen LogP contribution in [0.1, 0.15) is 60.7 Å². The smallest absolute Gasteiger partial charge is 0.416 e. The quantitative estimate of drug-likeness (QED) is 0.110. The van der Waals surface area contributed by atoms with Crippen LogP contribution < -0.4 is 0 Å². The molecule has 4 aromatic rings. The van der Waals surface area contributed by atoms with E-state index in [0.717, 1.165) is 35.6 Å². The summed E-state index contributed by atoms with van der Waals surface area (Å²) >= 11 is 0. The summed E-state index contributed by atoms with van der Waals surface area (Å²) in [4.78, 5) is 12.5. The largest absolute Gasteiger partial charge is 0.496 e. The molecule has 45 heavy (non-hydrogen) atoms. The van der Waals surface area contributed by atoms with Gasteiger partial charge in [0.25, 0.3) is 0 Å². The first-order valence-electron chi connectivity index (χ1n) is 14.4. The average Bonchev–Trinajstić information content (AvgIpc) is 3.71. The van der Waals surface area contributed by atoms with Crippen LogP contribution in [0.3, 0.4) is 0 Å². The zero-order valence-electron chi connectivity index (χ0n) is 25.1. The van der Waals surface area contributed by atoms with Crippen LogP contribution in [0.25, 0.3) is 16.9 Å². The van der Waals surface area contributed by atoms with Crippen molar-refractivity contribution in [3.8, 4) is 11.1 Å². The van der Waals surface area contributed by atoms with E-state index in [-0.39, 0.29) is 40.8 Å². The van der Waals surface area contributed by atoms with Crippen LogP contribution in [0.4, 0.5) is 13.2 Å². The van der Waals surface area contributed by atoms with Crippen molar-refractivity contribution in [3.05, 3.63) is 113 Å². The first kappa shape index (κ1) is 31.6. The zero-order chi connectivity index (χ0) is 32.4. The first-order valence-corrected chi connectivity index (χ1v) is 14.4. The van der Waals surface area contributed by atoms with Crippen LogP contribution >= 0.6 is 0 Å². The third kappa shape index (κ3) is 6.53. The van der Waals surface area contributed by atoms with E-state index in [0.29, 0.717) is 12.2 Å². The van der Waals surface area contributed by atoms with E-state index in [1.54, 1.807) is 6.92 Å². The second-order valence-electron chi connectivity index (χ2n) is 10.9. The molecule has 3 aromatic carbocycles. The summed E-state index contributed by atoms with van der Waals surface area (Å²) < 4.78 is 52.5. The molecule has 5 rings (SSSR count). The highest BCUT2D eigenvalue weighted by Gasteiger charge is 2.52. The van der Waals surface area contributed by atoms with Gasteiger partial charge in [-0.15, -0.1) is 5.10 Å². The normalized spacial score (nSPS) is 15.2. The van der Waals surface area contributed by atoms with Gasteiger partial charge in [-0.05, 0) is 55.0 Å². The standard InChI is InChI=1S/C34H33F3N4O4/c1-4-45-32(43)33(17-18-33)26-15-13-23(14-16-26)22-9-11-24(12-10-22)31(44-3)29(21(2)38)30(42)28-20-41(40-39-28)19-25-7-5-6-8-27(25)34(35,36)37/h5-16,20,30,38,42H,4,17-19H2,1-3H3/b31-29+,38-21?. The summed E-state index contributed by atoms with van der Waals surface area (Å²) in [7, 11) is 1.43. The lowest BCUT2D eigenvalue weighted by Gasteiger charge is -2.18. The highest BCUT2D eigenvalue weighted by Crippen LogP contribution is 2.49. The predicted molar refractivity (Wildman–Crippen MR) is 162 cm³/mol. The molecule has 1 aromatic heterocycles. The van der Waals surface area contributed by atoms with E-state index in [1.165, 1.54) is 43.1 Å². The summed E-state index contributed by atoms with van der Waals surface area (Å²) in [5, 5.41) is 27.6. The number of aromatic nitrogens is 3. The van der Waals surface area contributed by atoms with Crippen molar-refractivity contribution >= 4 is 17.4 Å². The van der Waals surface area contributed by atoms with Gasteiger partial charge in [0.2, 0.25) is 0 Å². The Labute approximate surface area is 258 Å². The van der Waals surface area contributed by atoms with Gasteiger partial charge in [0.05, 0.1) is 37.4 Å². The third-order valence-electron chi connectivity index (χ3n) is 7.95. The Balaban J connectivity index is 1.38. The molecule has 0 aliphatic heterocycles. The number of hydrogen-bond acceptors (Lipinski definition) is 7. The van der Waals surface area contributed by atoms with Gasteiger partial charge in [0.1, 0.15) is 17.6 Å². The number of halogens is 3. The minimum Gasteiger partial charge on any atom is -0.496 e. The van der Waals surface area contributed by atoms with Gasteiger partial charge in [-0.2, -0.15) is 13.2 Å². The Morgan fingerprint density at radius 3 is 2.22 bits per heavy atom. The maximum Gasteiger partial charge on any atom is 0.416 e. The molecule has 2 N–H and O–H groups in total. The number of esters is 1. The molecule has 1 aliphatic rings. The number of nitrogens with zero attached hydrogens (tertiary/aromatic N) is 3. The van der Waals surface area contributed by atoms with E-state index in [9.17, 15) is 23.1 Å². The molecule has 11 heteroatoms. The van der Waals surface area contributed by atoms with E-state index < -0.39 is 23.3 Å². The molecule has 0 radical (unpaired) electrons. The summed E-state index contributed by atoms with van der Waals surface area (Å²) in [6, 6.07) is 20.4. The van der Waals surface area contributed by atoms with Crippen LogP contribution in [0.2, 0.25) is 0 Å². The van der Waals surface area contributed by atoms with Crippen molar-refractivity contribution in [1.29, 1.82) is 5.41 Å². The molecule has 1 aliphatic carbocycles. The molecule has 1 heterocycles. The number of benzene rings is 3. The van der Waals surface area contributed by atoms with Gasteiger partial charge < -0.3 is 20.0 Å². The summed E-state index contributed by atoms with van der Waals surface area (Å²) in [6.07, 6.45) is -3.05. The lowest BCUT2D eigenvalue weighted by atomic mass is 9.93. The molecule has 0 spiro atoms. The Morgan fingerprint density at radius 1 is 1.04 bits per heavy atom. The molecule has 0 bridgehead atoms. The lowest BCUT2D eigenvalue weighted by Crippen LogP contribution is -2.23. The number of carbonyl (C=O) groups excluding carboxylic acids is 1. The highest BCUT2D eigenvalue weighted by atomic mass is 19.4. The fraction of sp³-hybridized carbons (Fsp3) is 0.294. The van der Waals surface area contributed by atoms with Crippen molar-refractivity contribution in [2.45, 2.75) is 50.9 Å². The Kier molecular flexibility index (Phi) is 8.92. The predicted octanol–water partition coefficient (Wildman–Crippen LogP) is 6.74. The molecular weight excluding hydrogens is 585 g/mol. The molecule has 1 unspecified atom stereocenters. The Bertz CT molecular complexity index is 1720. The second-order valence-corrected chi connectivity index (χ2v) is 10.9. The van der Waals surface area contributed by atoms with Crippen molar-refractivity contribution in [2.75, 3.05) is 13.7 Å². The SMILES string of the molecule is CCOC(=O)C1(c2ccc(-c3ccc(/C(OC)=C(/C(C)=N)C(O)c4cn(Cc5ccccc5C(F)(F)F)nn4)cc3)cc2)CC1. The van der Waals surface area contributed by atoms with Crippen LogP contribution in [-0.4, -0.2) is 45.5 Å². The van der Waals surface area contributed by atoms with E-state index in [4.69, 9.17) is 14.9 Å². The molecule has 0 saturated heterocycles. The van der Waals surface area contributed by atoms with Crippen LogP contribution in [0, 0.1) is 5.41 Å². The summed E-state index contributed by atoms with van der Waals surface area (Å²) in [5.41, 5.74) is 2.31. The van der Waals surface area contributed by atoms with Crippen LogP contribution in [-0.2, 0) is 32.4 Å². The lowest BCUT2D eigenvalue weighted by molar-refractivity contribution is -0.146. The van der Waals surface area contributed by atoms with Crippen molar-refractivity contribution in [1.82, 2.24) is 15.0 Å². The van der Waals surface area contributed by atoms with Crippen LogP contribution in [0.15, 0.2) is 84.6 Å². The Hall–Kier alpha value is -4.77. The maximum atomic E-state index is 13.5. The Morgan fingerprint density at radius 2 is 1.67 bits per heavy atom. The van der Waals surface area contributed by atoms with Gasteiger partial charge >= 0.3 is 12.1 Å². The minimum absolute atomic E-state index is 0.00768. The molecule has 234 valence electrons. The number of aliphatic hydroxyl groups is 1. The topological polar surface area (TPSA) is 110 Å². The van der Waals surface area contributed by atoms with E-state index in [1.807, 2.05) is 48.5 Å². The van der Waals surface area contributed by atoms with Gasteiger partial charge in [0.15, 0.2) is 0 Å². The fourth-order valence-corrected chi connectivity index (χ4v) is 5.46. The monoisotopic (exact) mass is 618 g/mol. The van der Waals surface area contributed by atoms with E-state index >= 15 is 0 Å². The summed E-state index contributed by atoms with van der Waals surface area (Å²) in [5.74, 6) is 0.0637. The highest BCUT2D eigenvalue weighted by molar-refractivity contribution is 6.03. The second kappa shape index (κ2) is 12.7. The van der Waals surface area contributed by atoms with Crippen molar-refractivity contribution in [2.24, 2.45) is 0 Å². The van der Waals surface area contributed by atoms with Gasteiger partial charge in [-0.3, -0.25) is 4.79 Å². The van der Waals surface area contributed by atoms with E-state index in [2.05, 4.69) is 10.3 Å². The zero-order valence-corrected chi connectivity index (χ0v) is 25.1. The van der Waals surface area contributed by atoms with Crippen molar-refractivity contribution < 1.29 is 32.5 Å². The maximum absolute atomic E-state index is 13.5. The molecule has 1 atom stereocenters. The number of carbonyl (C=O) groups is 1. The van der Waals surface area contributed by atoms with Gasteiger partial charge in [-0.25, -0.2) is 4.68 Å². The number of aliphatic hydroxyl groups excluding tert-OH is 1. The number of nitrogens with one attached hydrogen (secondary N) is 1. The first-order chi connectivity index (χ1) is 21.5. The van der Waals surface area contributed by atoms with Gasteiger partial charge in [0, 0.05) is 16.8 Å². The fourth-order valence-electron chi connectivity index (χ4n) is 5.46. The third-order valence-corrected chi connectivity index (χ3v) is 7.95. The minimum atomic E-state index is -4.53. The average molecular weight is 619 g/mol. The molecule has 0 amide bonds. The number of alkyl halides is 3. The number of ether oxygens (including phenoxy) is 2. The molecule has 1 fully saturated rings. The number of hydrogen-bond donors (Lipinski definition) is 2. The number of methoxy groups -OCH3 is 1. The molecular formula is C34H33F3N4O4. The number of rotatable bonds is 11. The van der Waals surface area contributed by atoms with Gasteiger partial charge in [-0.1, -0.05) is 71.9 Å². The molecule has 8 nitrogen and oxygen atoms in total.